The number of anilines is 2. The molecule has 1 aromatic heterocycles. The second-order valence-corrected chi connectivity index (χ2v) is 3.76. The molecule has 3 aromatic rings. The van der Waals surface area contributed by atoms with Gasteiger partial charge in [-0.1, -0.05) is 18.2 Å². The fourth-order valence-electron chi connectivity index (χ4n) is 1.69. The predicted octanol–water partition coefficient (Wildman–Crippen LogP) is 1.58. The Hall–Kier alpha value is -2.56. The maximum absolute atomic E-state index is 5.87. The van der Waals surface area contributed by atoms with Crippen molar-refractivity contribution < 1.29 is 0 Å². The van der Waals surface area contributed by atoms with E-state index in [1.54, 1.807) is 10.9 Å². The van der Waals surface area contributed by atoms with E-state index >= 15 is 0 Å². The number of hydrogen-bond donors (Lipinski definition) is 2. The lowest BCUT2D eigenvalue weighted by Gasteiger charge is -1.97. The molecule has 5 nitrogen and oxygen atoms in total. The van der Waals surface area contributed by atoms with Crippen LogP contribution in [0.5, 0.6) is 0 Å². The monoisotopic (exact) mass is 225 g/mol. The summed E-state index contributed by atoms with van der Waals surface area (Å²) in [5.74, 6) is 0. The van der Waals surface area contributed by atoms with Crippen molar-refractivity contribution in [3.8, 4) is 5.69 Å². The maximum Gasteiger partial charge on any atom is 0.138 e. The first kappa shape index (κ1) is 9.65. The highest BCUT2D eigenvalue weighted by Crippen LogP contribution is 2.24. The number of para-hydroxylation sites is 1. The van der Waals surface area contributed by atoms with Crippen molar-refractivity contribution in [3.05, 3.63) is 42.5 Å². The predicted molar refractivity (Wildman–Crippen MR) is 67.7 cm³/mol. The standard InChI is InChI=1S/C12H11N5/c13-9-6-7-10-12(11(9)14)16-17(15-10)8-4-2-1-3-5-8/h1-7H,13-14H2. The molecule has 2 aromatic carbocycles. The van der Waals surface area contributed by atoms with E-state index in [2.05, 4.69) is 10.2 Å². The molecule has 0 radical (unpaired) electrons. The highest BCUT2D eigenvalue weighted by atomic mass is 15.5. The molecule has 84 valence electrons. The fraction of sp³-hybridized carbons (Fsp3) is 0. The molecular weight excluding hydrogens is 214 g/mol. The van der Waals surface area contributed by atoms with E-state index in [9.17, 15) is 0 Å². The topological polar surface area (TPSA) is 82.8 Å². The van der Waals surface area contributed by atoms with Gasteiger partial charge in [0.25, 0.3) is 0 Å². The van der Waals surface area contributed by atoms with E-state index < -0.39 is 0 Å². The SMILES string of the molecule is Nc1ccc2nn(-c3ccccc3)nc2c1N. The minimum absolute atomic E-state index is 0.477. The van der Waals surface area contributed by atoms with E-state index in [0.29, 0.717) is 16.9 Å². The number of fused-ring (bicyclic) bond motifs is 1. The van der Waals surface area contributed by atoms with Crippen molar-refractivity contribution >= 4 is 22.4 Å². The number of rotatable bonds is 1. The van der Waals surface area contributed by atoms with Crippen molar-refractivity contribution in [1.29, 1.82) is 0 Å². The Bertz CT molecular complexity index is 672. The minimum atomic E-state index is 0.477. The molecule has 5 heteroatoms. The summed E-state index contributed by atoms with van der Waals surface area (Å²) in [4.78, 5) is 1.56. The van der Waals surface area contributed by atoms with Gasteiger partial charge in [-0.2, -0.15) is 4.80 Å². The zero-order valence-corrected chi connectivity index (χ0v) is 9.04. The maximum atomic E-state index is 5.87. The molecule has 0 saturated carbocycles. The number of aromatic nitrogens is 3. The lowest BCUT2D eigenvalue weighted by atomic mass is 10.2. The van der Waals surface area contributed by atoms with Crippen LogP contribution in [-0.4, -0.2) is 15.0 Å². The Balaban J connectivity index is 2.24. The summed E-state index contributed by atoms with van der Waals surface area (Å²) in [7, 11) is 0. The zero-order valence-electron chi connectivity index (χ0n) is 9.04. The molecule has 4 N–H and O–H groups in total. The van der Waals surface area contributed by atoms with Gasteiger partial charge in [0, 0.05) is 0 Å². The lowest BCUT2D eigenvalue weighted by Crippen LogP contribution is -1.98. The molecule has 17 heavy (non-hydrogen) atoms. The molecule has 0 unspecified atom stereocenters. The molecule has 0 fully saturated rings. The smallest absolute Gasteiger partial charge is 0.138 e. The summed E-state index contributed by atoms with van der Waals surface area (Å²) in [6.45, 7) is 0. The van der Waals surface area contributed by atoms with E-state index in [1.807, 2.05) is 36.4 Å². The molecule has 0 bridgehead atoms. The van der Waals surface area contributed by atoms with Gasteiger partial charge in [0.05, 0.1) is 17.1 Å². The van der Waals surface area contributed by atoms with E-state index in [4.69, 9.17) is 11.5 Å². The third-order valence-electron chi connectivity index (χ3n) is 2.61. The summed E-state index contributed by atoms with van der Waals surface area (Å²) in [6, 6.07) is 13.2. The van der Waals surface area contributed by atoms with Crippen LogP contribution in [0, 0.1) is 0 Å². The average Bonchev–Trinajstić information content (AvgIpc) is 2.80. The summed E-state index contributed by atoms with van der Waals surface area (Å²) in [5.41, 5.74) is 14.9. The molecule has 0 saturated heterocycles. The van der Waals surface area contributed by atoms with E-state index in [1.165, 1.54) is 0 Å². The van der Waals surface area contributed by atoms with Gasteiger partial charge in [-0.15, -0.1) is 10.2 Å². The van der Waals surface area contributed by atoms with Crippen LogP contribution in [0.15, 0.2) is 42.5 Å². The van der Waals surface area contributed by atoms with Crippen molar-refractivity contribution in [2.24, 2.45) is 0 Å². The number of benzene rings is 2. The highest BCUT2D eigenvalue weighted by Gasteiger charge is 2.08. The number of nitrogens with zero attached hydrogens (tertiary/aromatic N) is 3. The molecule has 0 aliphatic rings. The van der Waals surface area contributed by atoms with Gasteiger partial charge in [-0.05, 0) is 24.3 Å². The molecule has 0 amide bonds. The summed E-state index contributed by atoms with van der Waals surface area (Å²) >= 11 is 0. The van der Waals surface area contributed by atoms with Crippen LogP contribution in [0.4, 0.5) is 11.4 Å². The summed E-state index contributed by atoms with van der Waals surface area (Å²) < 4.78 is 0. The Kier molecular flexibility index (Phi) is 1.98. The average molecular weight is 225 g/mol. The molecular formula is C12H11N5. The van der Waals surface area contributed by atoms with Crippen LogP contribution in [0.1, 0.15) is 0 Å². The van der Waals surface area contributed by atoms with Gasteiger partial charge in [0.1, 0.15) is 11.0 Å². The number of nitrogens with two attached hydrogens (primary N) is 2. The van der Waals surface area contributed by atoms with E-state index in [0.717, 1.165) is 11.2 Å². The van der Waals surface area contributed by atoms with Crippen LogP contribution in [0.3, 0.4) is 0 Å². The Morgan fingerprint density at radius 2 is 1.65 bits per heavy atom. The van der Waals surface area contributed by atoms with Gasteiger partial charge in [0.2, 0.25) is 0 Å². The molecule has 0 atom stereocenters. The molecule has 0 spiro atoms. The van der Waals surface area contributed by atoms with Gasteiger partial charge >= 0.3 is 0 Å². The van der Waals surface area contributed by atoms with Crippen molar-refractivity contribution in [2.45, 2.75) is 0 Å². The van der Waals surface area contributed by atoms with Crippen molar-refractivity contribution in [2.75, 3.05) is 11.5 Å². The first-order chi connectivity index (χ1) is 8.25. The Morgan fingerprint density at radius 1 is 0.882 bits per heavy atom. The molecule has 0 aliphatic heterocycles. The van der Waals surface area contributed by atoms with Crippen molar-refractivity contribution in [1.82, 2.24) is 15.0 Å². The molecule has 0 aliphatic carbocycles. The van der Waals surface area contributed by atoms with Crippen LogP contribution >= 0.6 is 0 Å². The van der Waals surface area contributed by atoms with E-state index in [-0.39, 0.29) is 0 Å². The quantitative estimate of drug-likeness (QED) is 0.616. The molecule has 3 rings (SSSR count). The fourth-order valence-corrected chi connectivity index (χ4v) is 1.69. The van der Waals surface area contributed by atoms with Gasteiger partial charge < -0.3 is 11.5 Å². The third-order valence-corrected chi connectivity index (χ3v) is 2.61. The van der Waals surface area contributed by atoms with Crippen LogP contribution in [0.2, 0.25) is 0 Å². The van der Waals surface area contributed by atoms with Crippen LogP contribution < -0.4 is 11.5 Å². The number of nitrogen functional groups attached to an aromatic ring is 2. The highest BCUT2D eigenvalue weighted by molar-refractivity contribution is 5.93. The second-order valence-electron chi connectivity index (χ2n) is 3.76. The Labute approximate surface area is 97.6 Å². The van der Waals surface area contributed by atoms with Gasteiger partial charge in [-0.25, -0.2) is 0 Å². The second kappa shape index (κ2) is 3.48. The summed E-state index contributed by atoms with van der Waals surface area (Å²) in [5, 5.41) is 8.70. The minimum Gasteiger partial charge on any atom is -0.397 e. The van der Waals surface area contributed by atoms with Gasteiger partial charge in [0.15, 0.2) is 0 Å². The first-order valence-corrected chi connectivity index (χ1v) is 5.22. The Morgan fingerprint density at radius 3 is 2.41 bits per heavy atom. The molecule has 1 heterocycles. The van der Waals surface area contributed by atoms with Crippen LogP contribution in [-0.2, 0) is 0 Å². The first-order valence-electron chi connectivity index (χ1n) is 5.22. The van der Waals surface area contributed by atoms with Gasteiger partial charge in [-0.3, -0.25) is 0 Å². The normalized spacial score (nSPS) is 10.8. The number of hydrogen-bond acceptors (Lipinski definition) is 4. The van der Waals surface area contributed by atoms with Crippen molar-refractivity contribution in [3.63, 3.8) is 0 Å². The summed E-state index contributed by atoms with van der Waals surface area (Å²) in [6.07, 6.45) is 0. The third kappa shape index (κ3) is 1.48. The largest absolute Gasteiger partial charge is 0.397 e. The zero-order chi connectivity index (χ0) is 11.8. The lowest BCUT2D eigenvalue weighted by molar-refractivity contribution is 0.766. The van der Waals surface area contributed by atoms with Crippen LogP contribution in [0.25, 0.3) is 16.7 Å².